The lowest BCUT2D eigenvalue weighted by Crippen LogP contribution is -2.30. The van der Waals surface area contributed by atoms with E-state index in [1.165, 1.54) is 43.1 Å². The van der Waals surface area contributed by atoms with E-state index in [2.05, 4.69) is 15.4 Å². The van der Waals surface area contributed by atoms with E-state index in [9.17, 15) is 18.8 Å². The molecule has 0 spiro atoms. The summed E-state index contributed by atoms with van der Waals surface area (Å²) in [6.07, 6.45) is 1.19. The summed E-state index contributed by atoms with van der Waals surface area (Å²) < 4.78 is 19.0. The van der Waals surface area contributed by atoms with Gasteiger partial charge in [0.2, 0.25) is 0 Å². The Hall–Kier alpha value is -3.62. The zero-order chi connectivity index (χ0) is 24.5. The minimum Gasteiger partial charge on any atom is -0.468 e. The quantitative estimate of drug-likeness (QED) is 0.255. The molecule has 3 rings (SSSR count). The number of amides is 2. The molecule has 0 saturated carbocycles. The predicted molar refractivity (Wildman–Crippen MR) is 131 cm³/mol. The minimum atomic E-state index is -0.668. The van der Waals surface area contributed by atoms with Gasteiger partial charge in [0.15, 0.2) is 0 Å². The number of carbonyl (C=O) groups is 3. The van der Waals surface area contributed by atoms with Crippen LogP contribution in [0.15, 0.2) is 83.4 Å². The molecule has 34 heavy (non-hydrogen) atoms. The van der Waals surface area contributed by atoms with Crippen molar-refractivity contribution in [1.82, 2.24) is 5.32 Å². The third kappa shape index (κ3) is 6.94. The SMILES string of the molecule is COC(=O)CSc1ccc(NC(=O)/C(=C/c2c(F)cccc2Cl)NC(=O)c2ccccc2)cc1. The standard InChI is InChI=1S/C25H20ClFN2O4S/c1-33-23(30)15-34-18-12-10-17(11-13-18)28-25(32)22(14-19-20(26)8-5-9-21(19)27)29-24(31)16-6-3-2-4-7-16/h2-14H,15H2,1H3,(H,28,32)(H,29,31)/b22-14-. The number of methoxy groups -OCH3 is 1. The second kappa shape index (κ2) is 12.0. The lowest BCUT2D eigenvalue weighted by atomic mass is 10.1. The van der Waals surface area contributed by atoms with E-state index in [1.54, 1.807) is 54.6 Å². The number of hydrogen-bond donors (Lipinski definition) is 2. The first-order valence-electron chi connectivity index (χ1n) is 10.0. The van der Waals surface area contributed by atoms with Crippen molar-refractivity contribution in [3.63, 3.8) is 0 Å². The van der Waals surface area contributed by atoms with E-state index in [0.717, 1.165) is 4.90 Å². The molecule has 9 heteroatoms. The summed E-state index contributed by atoms with van der Waals surface area (Å²) in [6, 6.07) is 19.2. The van der Waals surface area contributed by atoms with Crippen LogP contribution >= 0.6 is 23.4 Å². The van der Waals surface area contributed by atoms with Gasteiger partial charge < -0.3 is 15.4 Å². The van der Waals surface area contributed by atoms with Gasteiger partial charge in [-0.25, -0.2) is 4.39 Å². The van der Waals surface area contributed by atoms with Crippen LogP contribution in [-0.2, 0) is 14.3 Å². The molecule has 0 heterocycles. The van der Waals surface area contributed by atoms with Crippen LogP contribution < -0.4 is 10.6 Å². The van der Waals surface area contributed by atoms with E-state index in [1.807, 2.05) is 0 Å². The topological polar surface area (TPSA) is 84.5 Å². The number of benzene rings is 3. The summed E-state index contributed by atoms with van der Waals surface area (Å²) in [5.41, 5.74) is 0.543. The largest absolute Gasteiger partial charge is 0.468 e. The Morgan fingerprint density at radius 2 is 1.71 bits per heavy atom. The first kappa shape index (κ1) is 25.0. The van der Waals surface area contributed by atoms with Gasteiger partial charge in [0, 0.05) is 21.7 Å². The number of anilines is 1. The molecule has 0 bridgehead atoms. The zero-order valence-electron chi connectivity index (χ0n) is 18.0. The van der Waals surface area contributed by atoms with Crippen molar-refractivity contribution in [1.29, 1.82) is 0 Å². The van der Waals surface area contributed by atoms with Gasteiger partial charge in [0.1, 0.15) is 11.5 Å². The molecular formula is C25H20ClFN2O4S. The number of ether oxygens (including phenoxy) is 1. The number of carbonyl (C=O) groups excluding carboxylic acids is 3. The van der Waals surface area contributed by atoms with Gasteiger partial charge in [0.25, 0.3) is 11.8 Å². The second-order valence-electron chi connectivity index (χ2n) is 6.86. The summed E-state index contributed by atoms with van der Waals surface area (Å²) in [5.74, 6) is -2.04. The Bertz CT molecular complexity index is 1200. The van der Waals surface area contributed by atoms with Gasteiger partial charge in [-0.15, -0.1) is 11.8 Å². The number of hydrogen-bond acceptors (Lipinski definition) is 5. The second-order valence-corrected chi connectivity index (χ2v) is 8.31. The molecule has 0 saturated heterocycles. The van der Waals surface area contributed by atoms with Crippen molar-refractivity contribution in [2.24, 2.45) is 0 Å². The number of nitrogens with one attached hydrogen (secondary N) is 2. The molecule has 0 aromatic heterocycles. The fraction of sp³-hybridized carbons (Fsp3) is 0.0800. The van der Waals surface area contributed by atoms with Crippen molar-refractivity contribution in [2.45, 2.75) is 4.90 Å². The molecule has 0 aliphatic heterocycles. The summed E-state index contributed by atoms with van der Waals surface area (Å²) in [6.45, 7) is 0. The van der Waals surface area contributed by atoms with Crippen LogP contribution in [-0.4, -0.2) is 30.6 Å². The van der Waals surface area contributed by atoms with Gasteiger partial charge in [0.05, 0.1) is 17.9 Å². The molecule has 3 aromatic rings. The summed E-state index contributed by atoms with van der Waals surface area (Å²) in [4.78, 5) is 37.8. The highest BCUT2D eigenvalue weighted by Gasteiger charge is 2.17. The molecule has 174 valence electrons. The number of thioether (sulfide) groups is 1. The Morgan fingerprint density at radius 3 is 2.35 bits per heavy atom. The molecule has 0 atom stereocenters. The number of rotatable bonds is 8. The van der Waals surface area contributed by atoms with E-state index in [4.69, 9.17) is 11.6 Å². The van der Waals surface area contributed by atoms with Gasteiger partial charge >= 0.3 is 5.97 Å². The fourth-order valence-electron chi connectivity index (χ4n) is 2.77. The minimum absolute atomic E-state index is 0.0303. The third-order valence-electron chi connectivity index (χ3n) is 4.51. The van der Waals surface area contributed by atoms with Crippen LogP contribution in [0.1, 0.15) is 15.9 Å². The van der Waals surface area contributed by atoms with Crippen LogP contribution in [0.3, 0.4) is 0 Å². The monoisotopic (exact) mass is 498 g/mol. The normalized spacial score (nSPS) is 11.0. The molecule has 0 unspecified atom stereocenters. The molecule has 6 nitrogen and oxygen atoms in total. The van der Waals surface area contributed by atoms with Crippen molar-refractivity contribution in [3.05, 3.63) is 100 Å². The summed E-state index contributed by atoms with van der Waals surface area (Å²) in [7, 11) is 1.32. The Labute approximate surface area is 205 Å². The van der Waals surface area contributed by atoms with Gasteiger partial charge in [-0.1, -0.05) is 35.9 Å². The fourth-order valence-corrected chi connectivity index (χ4v) is 3.72. The van der Waals surface area contributed by atoms with E-state index in [0.29, 0.717) is 11.3 Å². The van der Waals surface area contributed by atoms with Crippen LogP contribution in [0.4, 0.5) is 10.1 Å². The molecule has 2 amide bonds. The van der Waals surface area contributed by atoms with Crippen LogP contribution in [0.25, 0.3) is 6.08 Å². The molecule has 0 aliphatic rings. The average Bonchev–Trinajstić information content (AvgIpc) is 2.85. The van der Waals surface area contributed by atoms with E-state index >= 15 is 0 Å². The van der Waals surface area contributed by atoms with Crippen molar-refractivity contribution in [2.75, 3.05) is 18.2 Å². The highest BCUT2D eigenvalue weighted by molar-refractivity contribution is 8.00. The molecular weight excluding hydrogens is 479 g/mol. The van der Waals surface area contributed by atoms with Crippen molar-refractivity contribution in [3.8, 4) is 0 Å². The van der Waals surface area contributed by atoms with E-state index in [-0.39, 0.29) is 28.0 Å². The van der Waals surface area contributed by atoms with Gasteiger partial charge in [-0.3, -0.25) is 14.4 Å². The Kier molecular flexibility index (Phi) is 8.84. The maximum absolute atomic E-state index is 14.4. The lowest BCUT2D eigenvalue weighted by Gasteiger charge is -2.12. The average molecular weight is 499 g/mol. The van der Waals surface area contributed by atoms with Crippen LogP contribution in [0, 0.1) is 5.82 Å². The molecule has 0 radical (unpaired) electrons. The highest BCUT2D eigenvalue weighted by Crippen LogP contribution is 2.23. The maximum atomic E-state index is 14.4. The van der Waals surface area contributed by atoms with Gasteiger partial charge in [-0.2, -0.15) is 0 Å². The molecule has 0 aliphatic carbocycles. The van der Waals surface area contributed by atoms with Crippen LogP contribution in [0.5, 0.6) is 0 Å². The first-order chi connectivity index (χ1) is 16.4. The third-order valence-corrected chi connectivity index (χ3v) is 5.83. The molecule has 3 aromatic carbocycles. The predicted octanol–water partition coefficient (Wildman–Crippen LogP) is 5.15. The molecule has 2 N–H and O–H groups in total. The van der Waals surface area contributed by atoms with Crippen molar-refractivity contribution < 1.29 is 23.5 Å². The number of halogens is 2. The molecule has 0 fully saturated rings. The zero-order valence-corrected chi connectivity index (χ0v) is 19.6. The van der Waals surface area contributed by atoms with Crippen LogP contribution in [0.2, 0.25) is 5.02 Å². The summed E-state index contributed by atoms with van der Waals surface area (Å²) >= 11 is 7.39. The Balaban J connectivity index is 1.82. The van der Waals surface area contributed by atoms with E-state index < -0.39 is 17.6 Å². The van der Waals surface area contributed by atoms with Crippen molar-refractivity contribution >= 4 is 52.9 Å². The summed E-state index contributed by atoms with van der Waals surface area (Å²) in [5, 5.41) is 5.30. The van der Waals surface area contributed by atoms with Gasteiger partial charge in [-0.05, 0) is 54.6 Å². The smallest absolute Gasteiger partial charge is 0.315 e. The highest BCUT2D eigenvalue weighted by atomic mass is 35.5. The Morgan fingerprint density at radius 1 is 1.00 bits per heavy atom. The maximum Gasteiger partial charge on any atom is 0.315 e. The number of esters is 1. The lowest BCUT2D eigenvalue weighted by molar-refractivity contribution is -0.137. The first-order valence-corrected chi connectivity index (χ1v) is 11.4.